The number of aromatic amines is 1. The highest BCUT2D eigenvalue weighted by Gasteiger charge is 2.14. The number of hydrogen-bond donors (Lipinski definition) is 2. The maximum atomic E-state index is 5.80. The summed E-state index contributed by atoms with van der Waals surface area (Å²) in [5.41, 5.74) is 7.01. The molecule has 0 radical (unpaired) electrons. The van der Waals surface area contributed by atoms with Crippen molar-refractivity contribution in [2.75, 3.05) is 12.0 Å². The highest BCUT2D eigenvalue weighted by atomic mass is 32.2. The Morgan fingerprint density at radius 2 is 2.13 bits per heavy atom. The van der Waals surface area contributed by atoms with Crippen LogP contribution >= 0.6 is 11.8 Å². The predicted octanol–water partition coefficient (Wildman–Crippen LogP) is 1.05. The molecule has 0 saturated carbocycles. The summed E-state index contributed by atoms with van der Waals surface area (Å²) >= 11 is 1.58. The fraction of sp³-hybridized carbons (Fsp3) is 0.200. The Morgan fingerprint density at radius 3 is 2.80 bits per heavy atom. The number of aromatic nitrogens is 3. The maximum Gasteiger partial charge on any atom is 0.340 e. The van der Waals surface area contributed by atoms with Gasteiger partial charge in [-0.3, -0.25) is 0 Å². The van der Waals surface area contributed by atoms with E-state index in [0.29, 0.717) is 5.95 Å². The Labute approximate surface area is 92.5 Å². The van der Waals surface area contributed by atoms with E-state index in [2.05, 4.69) is 22.3 Å². The maximum absolute atomic E-state index is 5.80. The van der Waals surface area contributed by atoms with Gasteiger partial charge in [0.2, 0.25) is 0 Å². The first-order chi connectivity index (χ1) is 7.31. The third kappa shape index (κ3) is 2.12. The fourth-order valence-electron chi connectivity index (χ4n) is 1.40. The molecule has 0 fully saturated rings. The van der Waals surface area contributed by atoms with Crippen LogP contribution < -0.4 is 10.3 Å². The van der Waals surface area contributed by atoms with Gasteiger partial charge in [0.15, 0.2) is 0 Å². The highest BCUT2D eigenvalue weighted by Crippen LogP contribution is 2.08. The van der Waals surface area contributed by atoms with Crippen molar-refractivity contribution >= 4 is 17.7 Å². The van der Waals surface area contributed by atoms with E-state index in [1.165, 1.54) is 5.56 Å². The summed E-state index contributed by atoms with van der Waals surface area (Å²) in [6.07, 6.45) is 1.98. The molecule has 1 aromatic carbocycles. The molecule has 0 aliphatic rings. The van der Waals surface area contributed by atoms with Crippen molar-refractivity contribution in [3.63, 3.8) is 0 Å². The van der Waals surface area contributed by atoms with Gasteiger partial charge in [0.05, 0.1) is 6.54 Å². The lowest BCUT2D eigenvalue weighted by molar-refractivity contribution is -0.711. The van der Waals surface area contributed by atoms with Crippen molar-refractivity contribution in [1.29, 1.82) is 0 Å². The Hall–Kier alpha value is -1.49. The van der Waals surface area contributed by atoms with Crippen molar-refractivity contribution in [1.82, 2.24) is 10.2 Å². The summed E-state index contributed by atoms with van der Waals surface area (Å²) in [6.45, 7) is 0.749. The van der Waals surface area contributed by atoms with Gasteiger partial charge in [0, 0.05) is 5.10 Å². The van der Waals surface area contributed by atoms with Crippen LogP contribution in [0.2, 0.25) is 0 Å². The number of H-pyrrole nitrogens is 1. The van der Waals surface area contributed by atoms with Crippen LogP contribution in [0.3, 0.4) is 0 Å². The number of rotatable bonds is 3. The van der Waals surface area contributed by atoms with Gasteiger partial charge in [-0.25, -0.2) is 4.57 Å². The smallest absolute Gasteiger partial charge is 0.308 e. The molecule has 0 aliphatic carbocycles. The molecule has 3 N–H and O–H groups in total. The lowest BCUT2D eigenvalue weighted by Crippen LogP contribution is -2.37. The van der Waals surface area contributed by atoms with Crippen LogP contribution in [-0.4, -0.2) is 16.5 Å². The molecule has 0 aliphatic heterocycles. The van der Waals surface area contributed by atoms with E-state index < -0.39 is 0 Å². The number of thioether (sulfide) groups is 1. The molecule has 1 heterocycles. The van der Waals surface area contributed by atoms with E-state index >= 15 is 0 Å². The number of nitrogens with zero attached hydrogens (tertiary/aromatic N) is 2. The lowest BCUT2D eigenvalue weighted by atomic mass is 10.2. The minimum Gasteiger partial charge on any atom is -0.308 e. The second kappa shape index (κ2) is 4.35. The summed E-state index contributed by atoms with van der Waals surface area (Å²) < 4.78 is 1.96. The molecule has 0 spiro atoms. The molecular weight excluding hydrogens is 208 g/mol. The van der Waals surface area contributed by atoms with E-state index in [-0.39, 0.29) is 0 Å². The van der Waals surface area contributed by atoms with Crippen LogP contribution in [0.15, 0.2) is 35.5 Å². The minimum atomic E-state index is 0.586. The zero-order valence-corrected chi connectivity index (χ0v) is 9.29. The molecule has 78 valence electrons. The second-order valence-corrected chi connectivity index (χ2v) is 3.94. The largest absolute Gasteiger partial charge is 0.340 e. The highest BCUT2D eigenvalue weighted by molar-refractivity contribution is 7.98. The third-order valence-electron chi connectivity index (χ3n) is 2.15. The molecular formula is C10H13N4S+. The number of hydrogen-bond acceptors (Lipinski definition) is 3. The van der Waals surface area contributed by atoms with Gasteiger partial charge < -0.3 is 5.73 Å². The Balaban J connectivity index is 2.27. The van der Waals surface area contributed by atoms with Crippen LogP contribution in [0.5, 0.6) is 0 Å². The number of nitrogens with one attached hydrogen (secondary N) is 1. The molecule has 0 saturated heterocycles. The molecule has 2 aromatic rings. The first-order valence-electron chi connectivity index (χ1n) is 4.63. The average molecular weight is 221 g/mol. The molecule has 1 aromatic heterocycles. The molecule has 0 bridgehead atoms. The van der Waals surface area contributed by atoms with Gasteiger partial charge in [-0.1, -0.05) is 42.1 Å². The normalized spacial score (nSPS) is 10.5. The van der Waals surface area contributed by atoms with E-state index in [1.54, 1.807) is 11.8 Å². The number of nitrogens with two attached hydrogens (primary N) is 1. The number of benzene rings is 1. The van der Waals surface area contributed by atoms with Gasteiger partial charge in [-0.2, -0.15) is 0 Å². The molecule has 15 heavy (non-hydrogen) atoms. The van der Waals surface area contributed by atoms with Crippen molar-refractivity contribution < 1.29 is 4.57 Å². The number of nitrogen functional groups attached to an aromatic ring is 1. The monoisotopic (exact) mass is 221 g/mol. The van der Waals surface area contributed by atoms with E-state index in [4.69, 9.17) is 5.73 Å². The molecule has 0 atom stereocenters. The Bertz CT molecular complexity index is 438. The van der Waals surface area contributed by atoms with Gasteiger partial charge in [-0.05, 0) is 11.8 Å². The summed E-state index contributed by atoms with van der Waals surface area (Å²) in [5.74, 6) is 0.586. The molecule has 2 rings (SSSR count). The lowest BCUT2D eigenvalue weighted by Gasteiger charge is -2.01. The van der Waals surface area contributed by atoms with Gasteiger partial charge >= 0.3 is 11.1 Å². The number of anilines is 1. The Kier molecular flexibility index (Phi) is 2.91. The zero-order chi connectivity index (χ0) is 10.7. The third-order valence-corrected chi connectivity index (χ3v) is 2.83. The van der Waals surface area contributed by atoms with E-state index in [0.717, 1.165) is 11.7 Å². The van der Waals surface area contributed by atoms with Crippen molar-refractivity contribution in [3.05, 3.63) is 35.9 Å². The molecule has 0 amide bonds. The topological polar surface area (TPSA) is 58.6 Å². The molecule has 5 heteroatoms. The summed E-state index contributed by atoms with van der Waals surface area (Å²) in [4.78, 5) is 0. The fourth-order valence-corrected chi connectivity index (χ4v) is 1.92. The van der Waals surface area contributed by atoms with Crippen LogP contribution in [0.1, 0.15) is 5.56 Å². The predicted molar refractivity (Wildman–Crippen MR) is 60.5 cm³/mol. The van der Waals surface area contributed by atoms with E-state index in [9.17, 15) is 0 Å². The van der Waals surface area contributed by atoms with Gasteiger partial charge in [-0.15, -0.1) is 5.10 Å². The first-order valence-corrected chi connectivity index (χ1v) is 5.85. The average Bonchev–Trinajstić information content (AvgIpc) is 2.62. The summed E-state index contributed by atoms with van der Waals surface area (Å²) in [6, 6.07) is 10.2. The second-order valence-electron chi connectivity index (χ2n) is 3.17. The first kappa shape index (κ1) is 10.0. The van der Waals surface area contributed by atoms with Crippen LogP contribution in [0.25, 0.3) is 0 Å². The van der Waals surface area contributed by atoms with Crippen molar-refractivity contribution in [2.45, 2.75) is 11.7 Å². The summed E-state index contributed by atoms with van der Waals surface area (Å²) in [7, 11) is 0. The molecule has 4 nitrogen and oxygen atoms in total. The van der Waals surface area contributed by atoms with Crippen LogP contribution in [0.4, 0.5) is 5.95 Å². The molecule has 0 unspecified atom stereocenters. The zero-order valence-electron chi connectivity index (χ0n) is 8.47. The van der Waals surface area contributed by atoms with Crippen LogP contribution in [0, 0.1) is 0 Å². The Morgan fingerprint density at radius 1 is 1.40 bits per heavy atom. The summed E-state index contributed by atoms with van der Waals surface area (Å²) in [5, 5.41) is 7.78. The van der Waals surface area contributed by atoms with E-state index in [1.807, 2.05) is 29.0 Å². The van der Waals surface area contributed by atoms with Gasteiger partial charge in [0.1, 0.15) is 0 Å². The SMILES string of the molecule is CSc1n[nH]c(N)[n+]1Cc1ccccc1. The van der Waals surface area contributed by atoms with Crippen molar-refractivity contribution in [2.24, 2.45) is 0 Å². The van der Waals surface area contributed by atoms with Crippen LogP contribution in [-0.2, 0) is 6.54 Å². The van der Waals surface area contributed by atoms with Gasteiger partial charge in [0.25, 0.3) is 0 Å². The van der Waals surface area contributed by atoms with Crippen molar-refractivity contribution in [3.8, 4) is 0 Å². The standard InChI is InChI=1S/C10H12N4S/c1-15-10-13-12-9(11)14(10)7-8-5-3-2-4-6-8/h2-6H,7H2,1H3,(H2,11,12)/p+1. The quantitative estimate of drug-likeness (QED) is 0.601. The minimum absolute atomic E-state index is 0.586.